The number of carbonyl (C=O) groups is 1. The van der Waals surface area contributed by atoms with E-state index >= 15 is 4.39 Å². The van der Waals surface area contributed by atoms with Crippen molar-refractivity contribution in [2.75, 3.05) is 0 Å². The standard InChI is InChI=1S/C28H33FN2O3/c1-19(2)12-17-25-26(29)31(22-8-4-3-5-9-22)28(34)30(25)18-20-13-15-21(16-14-20)23-10-6-7-11-24(23)27(32)33/h6-7,10-11,13-16,19,22H,3-5,8-9,12,17-18H2,1-2H3,(H,32,33). The van der Waals surface area contributed by atoms with Crippen molar-refractivity contribution in [1.82, 2.24) is 9.13 Å². The van der Waals surface area contributed by atoms with Crippen molar-refractivity contribution in [2.24, 2.45) is 5.92 Å². The van der Waals surface area contributed by atoms with E-state index in [0.29, 0.717) is 30.1 Å². The van der Waals surface area contributed by atoms with Gasteiger partial charge in [-0.2, -0.15) is 4.39 Å². The Bertz CT molecular complexity index is 1200. The van der Waals surface area contributed by atoms with E-state index in [-0.39, 0.29) is 23.2 Å². The lowest BCUT2D eigenvalue weighted by atomic mass is 9.95. The van der Waals surface area contributed by atoms with E-state index < -0.39 is 5.97 Å². The molecule has 0 radical (unpaired) electrons. The van der Waals surface area contributed by atoms with E-state index in [1.807, 2.05) is 30.3 Å². The first-order valence-corrected chi connectivity index (χ1v) is 12.3. The molecular formula is C28H33FN2O3. The van der Waals surface area contributed by atoms with Gasteiger partial charge in [-0.1, -0.05) is 75.6 Å². The van der Waals surface area contributed by atoms with Gasteiger partial charge in [-0.25, -0.2) is 9.59 Å². The zero-order chi connectivity index (χ0) is 24.2. The van der Waals surface area contributed by atoms with Crippen LogP contribution in [-0.4, -0.2) is 20.2 Å². The maximum atomic E-state index is 15.6. The number of carboxylic acid groups (broad SMARTS) is 1. The van der Waals surface area contributed by atoms with Crippen molar-refractivity contribution in [2.45, 2.75) is 71.4 Å². The zero-order valence-electron chi connectivity index (χ0n) is 20.0. The van der Waals surface area contributed by atoms with Gasteiger partial charge in [-0.3, -0.25) is 9.13 Å². The Morgan fingerprint density at radius 1 is 1.06 bits per heavy atom. The predicted molar refractivity (Wildman–Crippen MR) is 132 cm³/mol. The number of hydrogen-bond donors (Lipinski definition) is 1. The Morgan fingerprint density at radius 2 is 1.74 bits per heavy atom. The number of nitrogens with zero attached hydrogens (tertiary/aromatic N) is 2. The van der Waals surface area contributed by atoms with Gasteiger partial charge >= 0.3 is 11.7 Å². The monoisotopic (exact) mass is 464 g/mol. The van der Waals surface area contributed by atoms with Crippen molar-refractivity contribution in [3.8, 4) is 11.1 Å². The van der Waals surface area contributed by atoms with Crippen molar-refractivity contribution >= 4 is 5.97 Å². The molecule has 0 spiro atoms. The number of carboxylic acids is 1. The second kappa shape index (κ2) is 10.4. The smallest absolute Gasteiger partial charge is 0.336 e. The lowest BCUT2D eigenvalue weighted by molar-refractivity contribution is 0.0697. The van der Waals surface area contributed by atoms with E-state index in [9.17, 15) is 14.7 Å². The summed E-state index contributed by atoms with van der Waals surface area (Å²) < 4.78 is 18.6. The molecule has 1 heterocycles. The summed E-state index contributed by atoms with van der Waals surface area (Å²) in [7, 11) is 0. The van der Waals surface area contributed by atoms with Gasteiger partial charge in [0.25, 0.3) is 0 Å². The Labute approximate surface area is 199 Å². The molecule has 34 heavy (non-hydrogen) atoms. The highest BCUT2D eigenvalue weighted by Gasteiger charge is 2.26. The van der Waals surface area contributed by atoms with Crippen molar-refractivity contribution in [1.29, 1.82) is 0 Å². The van der Waals surface area contributed by atoms with E-state index in [0.717, 1.165) is 49.7 Å². The predicted octanol–water partition coefficient (Wildman–Crippen LogP) is 6.30. The molecule has 0 atom stereocenters. The quantitative estimate of drug-likeness (QED) is 0.426. The summed E-state index contributed by atoms with van der Waals surface area (Å²) in [6.07, 6.45) is 6.25. The van der Waals surface area contributed by atoms with Crippen LogP contribution in [0.5, 0.6) is 0 Å². The van der Waals surface area contributed by atoms with Gasteiger partial charge in [0.05, 0.1) is 17.8 Å². The molecular weight excluding hydrogens is 431 g/mol. The summed E-state index contributed by atoms with van der Waals surface area (Å²) in [5, 5.41) is 9.49. The number of aromatic carboxylic acids is 1. The Hall–Kier alpha value is -3.15. The largest absolute Gasteiger partial charge is 0.478 e. The minimum absolute atomic E-state index is 0.0600. The van der Waals surface area contributed by atoms with E-state index in [1.54, 1.807) is 22.8 Å². The summed E-state index contributed by atoms with van der Waals surface area (Å²) >= 11 is 0. The fourth-order valence-electron chi connectivity index (χ4n) is 4.96. The topological polar surface area (TPSA) is 64.2 Å². The normalized spacial score (nSPS) is 14.6. The van der Waals surface area contributed by atoms with Crippen LogP contribution in [0.25, 0.3) is 11.1 Å². The highest BCUT2D eigenvalue weighted by molar-refractivity contribution is 5.95. The molecule has 0 amide bonds. The summed E-state index contributed by atoms with van der Waals surface area (Å²) in [5.74, 6) is -0.931. The number of aromatic nitrogens is 2. The molecule has 180 valence electrons. The molecule has 1 saturated carbocycles. The van der Waals surface area contributed by atoms with Crippen LogP contribution >= 0.6 is 0 Å². The lowest BCUT2D eigenvalue weighted by Crippen LogP contribution is -2.30. The van der Waals surface area contributed by atoms with Crippen LogP contribution in [0.2, 0.25) is 0 Å². The maximum Gasteiger partial charge on any atom is 0.336 e. The van der Waals surface area contributed by atoms with E-state index in [1.165, 1.54) is 4.57 Å². The molecule has 1 fully saturated rings. The highest BCUT2D eigenvalue weighted by atomic mass is 19.1. The summed E-state index contributed by atoms with van der Waals surface area (Å²) in [5.41, 5.74) is 2.79. The molecule has 0 aliphatic heterocycles. The van der Waals surface area contributed by atoms with Crippen molar-refractivity contribution in [3.63, 3.8) is 0 Å². The van der Waals surface area contributed by atoms with Crippen molar-refractivity contribution < 1.29 is 14.3 Å². The summed E-state index contributed by atoms with van der Waals surface area (Å²) in [6.45, 7) is 4.50. The average Bonchev–Trinajstić information content (AvgIpc) is 3.07. The first-order valence-electron chi connectivity index (χ1n) is 12.3. The van der Waals surface area contributed by atoms with Gasteiger partial charge in [0.1, 0.15) is 0 Å². The molecule has 2 aromatic carbocycles. The molecule has 0 bridgehead atoms. The summed E-state index contributed by atoms with van der Waals surface area (Å²) in [4.78, 5) is 25.0. The maximum absolute atomic E-state index is 15.6. The van der Waals surface area contributed by atoms with Crippen molar-refractivity contribution in [3.05, 3.63) is 81.8 Å². The van der Waals surface area contributed by atoms with Crippen LogP contribution < -0.4 is 5.69 Å². The average molecular weight is 465 g/mol. The molecule has 6 heteroatoms. The van der Waals surface area contributed by atoms with E-state index in [2.05, 4.69) is 13.8 Å². The molecule has 0 saturated heterocycles. The molecule has 3 aromatic rings. The van der Waals surface area contributed by atoms with Gasteiger partial charge in [0, 0.05) is 6.04 Å². The molecule has 4 rings (SSSR count). The van der Waals surface area contributed by atoms with Crippen LogP contribution in [0.1, 0.15) is 80.0 Å². The van der Waals surface area contributed by atoms with E-state index in [4.69, 9.17) is 0 Å². The third-order valence-electron chi connectivity index (χ3n) is 6.87. The number of hydrogen-bond acceptors (Lipinski definition) is 2. The summed E-state index contributed by atoms with van der Waals surface area (Å²) in [6, 6.07) is 14.3. The molecule has 1 aliphatic rings. The molecule has 1 aromatic heterocycles. The first kappa shape index (κ1) is 24.0. The van der Waals surface area contributed by atoms with Crippen LogP contribution in [-0.2, 0) is 13.0 Å². The third kappa shape index (κ3) is 5.01. The Balaban J connectivity index is 1.66. The fraction of sp³-hybridized carbons (Fsp3) is 0.429. The SMILES string of the molecule is CC(C)CCc1c(F)n(C2CCCCC2)c(=O)n1Cc1ccc(-c2ccccc2C(=O)O)cc1. The van der Waals surface area contributed by atoms with Crippen LogP contribution in [0, 0.1) is 11.9 Å². The first-order chi connectivity index (χ1) is 16.4. The number of rotatable bonds is 8. The van der Waals surface area contributed by atoms with Crippen LogP contribution in [0.4, 0.5) is 4.39 Å². The second-order valence-corrected chi connectivity index (χ2v) is 9.75. The second-order valence-electron chi connectivity index (χ2n) is 9.75. The van der Waals surface area contributed by atoms with Gasteiger partial charge in [0.15, 0.2) is 0 Å². The Kier molecular flexibility index (Phi) is 7.35. The van der Waals surface area contributed by atoms with Gasteiger partial charge in [0.2, 0.25) is 5.95 Å². The fourth-order valence-corrected chi connectivity index (χ4v) is 4.96. The Morgan fingerprint density at radius 3 is 2.38 bits per heavy atom. The minimum Gasteiger partial charge on any atom is -0.478 e. The zero-order valence-corrected chi connectivity index (χ0v) is 20.0. The number of imidazole rings is 1. The lowest BCUT2D eigenvalue weighted by Gasteiger charge is -2.22. The van der Waals surface area contributed by atoms with Crippen LogP contribution in [0.15, 0.2) is 53.3 Å². The highest BCUT2D eigenvalue weighted by Crippen LogP contribution is 2.29. The minimum atomic E-state index is -0.972. The molecule has 1 aliphatic carbocycles. The van der Waals surface area contributed by atoms with Crippen LogP contribution in [0.3, 0.4) is 0 Å². The van der Waals surface area contributed by atoms with Gasteiger partial charge in [-0.15, -0.1) is 0 Å². The van der Waals surface area contributed by atoms with Gasteiger partial charge in [-0.05, 0) is 54.4 Å². The van der Waals surface area contributed by atoms with Gasteiger partial charge < -0.3 is 5.11 Å². The molecule has 0 unspecified atom stereocenters. The number of benzene rings is 2. The molecule has 1 N–H and O–H groups in total. The third-order valence-corrected chi connectivity index (χ3v) is 6.87. The number of halogens is 1. The molecule has 5 nitrogen and oxygen atoms in total.